The molecular weight excluding hydrogens is 350 g/mol. The molecular formula is C18H21N5O2S. The van der Waals surface area contributed by atoms with Gasteiger partial charge in [0, 0.05) is 37.8 Å². The number of fused-ring (bicyclic) bond motifs is 2. The molecule has 4 rings (SSSR count). The molecule has 136 valence electrons. The van der Waals surface area contributed by atoms with Crippen LogP contribution in [0.2, 0.25) is 0 Å². The smallest absolute Gasteiger partial charge is 0.208 e. The van der Waals surface area contributed by atoms with E-state index in [4.69, 9.17) is 4.98 Å². The van der Waals surface area contributed by atoms with E-state index in [0.29, 0.717) is 13.1 Å². The number of benzene rings is 1. The van der Waals surface area contributed by atoms with Crippen molar-refractivity contribution in [1.29, 1.82) is 0 Å². The van der Waals surface area contributed by atoms with Gasteiger partial charge in [-0.15, -0.1) is 0 Å². The zero-order valence-corrected chi connectivity index (χ0v) is 15.4. The van der Waals surface area contributed by atoms with Gasteiger partial charge in [-0.05, 0) is 12.1 Å². The van der Waals surface area contributed by atoms with Gasteiger partial charge in [-0.1, -0.05) is 24.3 Å². The lowest BCUT2D eigenvalue weighted by Gasteiger charge is -2.34. The molecule has 0 fully saturated rings. The topological polar surface area (TPSA) is 80.1 Å². The van der Waals surface area contributed by atoms with E-state index >= 15 is 0 Å². The van der Waals surface area contributed by atoms with E-state index in [0.717, 1.165) is 35.4 Å². The summed E-state index contributed by atoms with van der Waals surface area (Å²) < 4.78 is 27.6. The minimum Gasteiger partial charge on any atom is -0.328 e. The minimum absolute atomic E-state index is 0.0106. The number of imidazole rings is 1. The lowest BCUT2D eigenvalue weighted by Crippen LogP contribution is -2.41. The Morgan fingerprint density at radius 3 is 2.92 bits per heavy atom. The second-order valence-corrected chi connectivity index (χ2v) is 8.56. The summed E-state index contributed by atoms with van der Waals surface area (Å²) in [4.78, 5) is 11.3. The van der Waals surface area contributed by atoms with E-state index < -0.39 is 10.0 Å². The first-order valence-electron chi connectivity index (χ1n) is 8.50. The Balaban J connectivity index is 1.53. The molecule has 1 aliphatic rings. The number of sulfonamides is 1. The average Bonchev–Trinajstić information content (AvgIpc) is 3.07. The summed E-state index contributed by atoms with van der Waals surface area (Å²) in [6.45, 7) is 2.57. The molecule has 0 saturated carbocycles. The Bertz CT molecular complexity index is 1030. The van der Waals surface area contributed by atoms with Crippen molar-refractivity contribution in [3.63, 3.8) is 0 Å². The van der Waals surface area contributed by atoms with Crippen LogP contribution < -0.4 is 4.72 Å². The molecule has 1 aromatic carbocycles. The highest BCUT2D eigenvalue weighted by atomic mass is 32.2. The maximum Gasteiger partial charge on any atom is 0.208 e. The van der Waals surface area contributed by atoms with Crippen LogP contribution in [0, 0.1) is 0 Å². The van der Waals surface area contributed by atoms with Gasteiger partial charge < -0.3 is 4.57 Å². The molecule has 1 aliphatic heterocycles. The van der Waals surface area contributed by atoms with Crippen LogP contribution in [0.4, 0.5) is 0 Å². The van der Waals surface area contributed by atoms with Crippen LogP contribution in [0.1, 0.15) is 17.4 Å². The van der Waals surface area contributed by atoms with E-state index in [1.807, 2.05) is 24.4 Å². The number of hydrogen-bond acceptors (Lipinski definition) is 5. The number of hydrogen-bond donors (Lipinski definition) is 1. The van der Waals surface area contributed by atoms with Crippen molar-refractivity contribution < 1.29 is 8.42 Å². The predicted octanol–water partition coefficient (Wildman–Crippen LogP) is 1.54. The standard InChI is InChI=1S/C18H21N5O2S/c1-26(24,25)20-9-17-12-22(11-16-8-19-13-23(16)17)10-15-7-6-14-4-2-3-5-18(14)21-15/h2-8,13,17,20H,9-12H2,1H3. The fourth-order valence-corrected chi connectivity index (χ4v) is 3.91. The lowest BCUT2D eigenvalue weighted by atomic mass is 10.1. The molecule has 0 bridgehead atoms. The molecule has 0 radical (unpaired) electrons. The van der Waals surface area contributed by atoms with E-state index in [-0.39, 0.29) is 6.04 Å². The molecule has 1 atom stereocenters. The summed E-state index contributed by atoms with van der Waals surface area (Å²) >= 11 is 0. The third kappa shape index (κ3) is 3.77. The Labute approximate surface area is 152 Å². The Morgan fingerprint density at radius 1 is 1.23 bits per heavy atom. The Morgan fingerprint density at radius 2 is 2.08 bits per heavy atom. The van der Waals surface area contributed by atoms with E-state index in [2.05, 4.69) is 37.4 Å². The summed E-state index contributed by atoms with van der Waals surface area (Å²) in [6.07, 6.45) is 4.80. The quantitative estimate of drug-likeness (QED) is 0.736. The van der Waals surface area contributed by atoms with E-state index in [1.54, 1.807) is 6.33 Å². The molecule has 2 aromatic heterocycles. The van der Waals surface area contributed by atoms with Gasteiger partial charge in [-0.25, -0.2) is 18.1 Å². The van der Waals surface area contributed by atoms with Crippen LogP contribution in [0.3, 0.4) is 0 Å². The summed E-state index contributed by atoms with van der Waals surface area (Å²) in [5, 5.41) is 1.13. The molecule has 0 spiro atoms. The fourth-order valence-electron chi connectivity index (χ4n) is 3.42. The van der Waals surface area contributed by atoms with Gasteiger partial charge in [0.1, 0.15) is 0 Å². The van der Waals surface area contributed by atoms with Crippen LogP contribution in [0.25, 0.3) is 10.9 Å². The van der Waals surface area contributed by atoms with Crippen molar-refractivity contribution >= 4 is 20.9 Å². The molecule has 3 heterocycles. The highest BCUT2D eigenvalue weighted by molar-refractivity contribution is 7.88. The summed E-state index contributed by atoms with van der Waals surface area (Å²) in [5.41, 5.74) is 3.08. The molecule has 26 heavy (non-hydrogen) atoms. The van der Waals surface area contributed by atoms with Crippen molar-refractivity contribution in [3.05, 3.63) is 60.3 Å². The third-order valence-corrected chi connectivity index (χ3v) is 5.31. The lowest BCUT2D eigenvalue weighted by molar-refractivity contribution is 0.176. The maximum absolute atomic E-state index is 11.5. The van der Waals surface area contributed by atoms with Crippen LogP contribution in [0.15, 0.2) is 48.9 Å². The summed E-state index contributed by atoms with van der Waals surface area (Å²) in [7, 11) is -3.22. The molecule has 1 unspecified atom stereocenters. The number of para-hydroxylation sites is 1. The first-order chi connectivity index (χ1) is 12.5. The van der Waals surface area contributed by atoms with Crippen LogP contribution in [-0.2, 0) is 23.1 Å². The molecule has 0 amide bonds. The second kappa shape index (κ2) is 6.79. The van der Waals surface area contributed by atoms with Gasteiger partial charge in [0.05, 0.1) is 35.5 Å². The fraction of sp³-hybridized carbons (Fsp3) is 0.333. The van der Waals surface area contributed by atoms with Crippen molar-refractivity contribution in [2.24, 2.45) is 0 Å². The Hall–Kier alpha value is -2.29. The summed E-state index contributed by atoms with van der Waals surface area (Å²) in [6, 6.07) is 12.2. The average molecular weight is 371 g/mol. The number of aromatic nitrogens is 3. The van der Waals surface area contributed by atoms with Crippen molar-refractivity contribution in [2.45, 2.75) is 19.1 Å². The molecule has 3 aromatic rings. The maximum atomic E-state index is 11.5. The van der Waals surface area contributed by atoms with Crippen LogP contribution in [-0.4, -0.2) is 47.2 Å². The molecule has 0 aliphatic carbocycles. The van der Waals surface area contributed by atoms with E-state index in [1.165, 1.54) is 6.26 Å². The molecule has 0 saturated heterocycles. The molecule has 1 N–H and O–H groups in total. The predicted molar refractivity (Wildman–Crippen MR) is 100.0 cm³/mol. The molecule has 8 heteroatoms. The van der Waals surface area contributed by atoms with Gasteiger partial charge in [0.25, 0.3) is 0 Å². The van der Waals surface area contributed by atoms with Gasteiger partial charge in [-0.2, -0.15) is 0 Å². The normalized spacial score (nSPS) is 18.1. The monoisotopic (exact) mass is 371 g/mol. The number of nitrogens with one attached hydrogen (secondary N) is 1. The number of nitrogens with zero attached hydrogens (tertiary/aromatic N) is 4. The summed E-state index contributed by atoms with van der Waals surface area (Å²) in [5.74, 6) is 0. The Kier molecular flexibility index (Phi) is 4.47. The minimum atomic E-state index is -3.22. The van der Waals surface area contributed by atoms with Gasteiger partial charge >= 0.3 is 0 Å². The number of pyridine rings is 1. The van der Waals surface area contributed by atoms with Crippen LogP contribution in [0.5, 0.6) is 0 Å². The van der Waals surface area contributed by atoms with Crippen molar-refractivity contribution in [2.75, 3.05) is 19.3 Å². The van der Waals surface area contributed by atoms with Crippen molar-refractivity contribution in [3.8, 4) is 0 Å². The zero-order valence-electron chi connectivity index (χ0n) is 14.5. The first kappa shape index (κ1) is 17.1. The first-order valence-corrected chi connectivity index (χ1v) is 10.4. The number of rotatable bonds is 5. The van der Waals surface area contributed by atoms with Gasteiger partial charge in [0.15, 0.2) is 0 Å². The van der Waals surface area contributed by atoms with Gasteiger partial charge in [-0.3, -0.25) is 9.88 Å². The molecule has 7 nitrogen and oxygen atoms in total. The zero-order chi connectivity index (χ0) is 18.1. The SMILES string of the molecule is CS(=O)(=O)NCC1CN(Cc2ccc3ccccc3n2)Cc2cncn21. The van der Waals surface area contributed by atoms with E-state index in [9.17, 15) is 8.42 Å². The van der Waals surface area contributed by atoms with Crippen LogP contribution >= 0.6 is 0 Å². The highest BCUT2D eigenvalue weighted by Crippen LogP contribution is 2.22. The second-order valence-electron chi connectivity index (χ2n) is 6.73. The largest absolute Gasteiger partial charge is 0.328 e. The highest BCUT2D eigenvalue weighted by Gasteiger charge is 2.25. The van der Waals surface area contributed by atoms with Crippen molar-refractivity contribution in [1.82, 2.24) is 24.2 Å². The third-order valence-electron chi connectivity index (χ3n) is 4.62. The van der Waals surface area contributed by atoms with Gasteiger partial charge in [0.2, 0.25) is 10.0 Å².